The number of allylic oxidation sites excluding steroid dienone is 2. The average Bonchev–Trinajstić information content (AvgIpc) is 3.37. The van der Waals surface area contributed by atoms with Gasteiger partial charge in [0.15, 0.2) is 5.13 Å². The lowest BCUT2D eigenvalue weighted by molar-refractivity contribution is -0.123. The summed E-state index contributed by atoms with van der Waals surface area (Å²) in [6, 6.07) is 6.13. The number of aryl methyl sites for hydroxylation is 1. The second-order valence-electron chi connectivity index (χ2n) is 8.22. The largest absolute Gasteiger partial charge is 0.274 e. The summed E-state index contributed by atoms with van der Waals surface area (Å²) < 4.78 is 13.2. The second kappa shape index (κ2) is 6.08. The zero-order valence-corrected chi connectivity index (χ0v) is 16.8. The molecule has 6 heteroatoms. The maximum atomic E-state index is 13.3. The zero-order valence-electron chi connectivity index (χ0n) is 16.0. The zero-order chi connectivity index (χ0) is 19.7. The monoisotopic (exact) mass is 396 g/mol. The van der Waals surface area contributed by atoms with Gasteiger partial charge in [-0.15, -0.1) is 11.3 Å². The lowest BCUT2D eigenvalue weighted by atomic mass is 9.81. The molecule has 2 saturated carbocycles. The smallest absolute Gasteiger partial charge is 0.240 e. The van der Waals surface area contributed by atoms with Crippen LogP contribution in [0.25, 0.3) is 11.3 Å². The lowest BCUT2D eigenvalue weighted by Crippen LogP contribution is -2.33. The number of carbonyl (C=O) groups is 2. The van der Waals surface area contributed by atoms with Crippen LogP contribution in [0.2, 0.25) is 0 Å². The Balaban J connectivity index is 1.52. The van der Waals surface area contributed by atoms with Gasteiger partial charge in [-0.3, -0.25) is 9.59 Å². The van der Waals surface area contributed by atoms with Gasteiger partial charge in [0.1, 0.15) is 5.82 Å². The van der Waals surface area contributed by atoms with E-state index < -0.39 is 0 Å². The predicted molar refractivity (Wildman–Crippen MR) is 106 cm³/mol. The van der Waals surface area contributed by atoms with E-state index in [-0.39, 0.29) is 41.3 Å². The van der Waals surface area contributed by atoms with Gasteiger partial charge in [0, 0.05) is 10.4 Å². The minimum atomic E-state index is -0.305. The molecule has 5 rings (SSSR count). The molecule has 28 heavy (non-hydrogen) atoms. The fraction of sp³-hybridized carbons (Fsp3) is 0.409. The van der Waals surface area contributed by atoms with E-state index in [1.54, 1.807) is 12.1 Å². The van der Waals surface area contributed by atoms with Gasteiger partial charge in [0.2, 0.25) is 11.8 Å². The van der Waals surface area contributed by atoms with E-state index in [1.165, 1.54) is 39.5 Å². The number of benzene rings is 1. The molecule has 0 N–H and O–H groups in total. The van der Waals surface area contributed by atoms with Gasteiger partial charge in [-0.2, -0.15) is 0 Å². The Morgan fingerprint density at radius 3 is 2.18 bits per heavy atom. The number of hydrogen-bond donors (Lipinski definition) is 0. The van der Waals surface area contributed by atoms with Gasteiger partial charge in [-0.05, 0) is 69.7 Å². The molecule has 1 aromatic heterocycles. The van der Waals surface area contributed by atoms with Crippen LogP contribution < -0.4 is 4.90 Å². The second-order valence-corrected chi connectivity index (χ2v) is 9.40. The van der Waals surface area contributed by atoms with Crippen LogP contribution >= 0.6 is 11.3 Å². The van der Waals surface area contributed by atoms with Crippen LogP contribution in [0.5, 0.6) is 0 Å². The molecule has 1 saturated heterocycles. The molecule has 3 aliphatic rings. The van der Waals surface area contributed by atoms with Gasteiger partial charge in [0.25, 0.3) is 0 Å². The number of halogens is 1. The normalized spacial score (nSPS) is 28.4. The first-order valence-electron chi connectivity index (χ1n) is 9.67. The molecule has 0 radical (unpaired) electrons. The van der Waals surface area contributed by atoms with Gasteiger partial charge in [-0.1, -0.05) is 11.1 Å². The van der Waals surface area contributed by atoms with E-state index in [4.69, 9.17) is 0 Å². The van der Waals surface area contributed by atoms with Crippen molar-refractivity contribution in [3.63, 3.8) is 0 Å². The standard InChI is InChI=1S/C22H21FN2O2S/c1-10(2)16-14-8-9-15(16)18-17(14)20(26)25(21(18)27)22-24-19(11(3)28-22)12-4-6-13(23)7-5-12/h4-7,14-15,17-18H,8-9H2,1-3H3/t14-,15-,17-,18-/m0/s1. The fourth-order valence-corrected chi connectivity index (χ4v) is 6.48. The van der Waals surface area contributed by atoms with Crippen molar-refractivity contribution in [2.75, 3.05) is 4.90 Å². The molecular formula is C22H21FN2O2S. The van der Waals surface area contributed by atoms with Crippen molar-refractivity contribution in [1.29, 1.82) is 0 Å². The molecule has 4 atom stereocenters. The van der Waals surface area contributed by atoms with E-state index in [0.717, 1.165) is 23.3 Å². The first-order valence-corrected chi connectivity index (χ1v) is 10.5. The van der Waals surface area contributed by atoms with Crippen LogP contribution in [-0.2, 0) is 9.59 Å². The van der Waals surface area contributed by atoms with Crippen molar-refractivity contribution >= 4 is 28.3 Å². The highest BCUT2D eigenvalue weighted by atomic mass is 32.1. The minimum Gasteiger partial charge on any atom is -0.274 e. The molecule has 0 spiro atoms. The number of nitrogens with zero attached hydrogens (tertiary/aromatic N) is 2. The molecule has 2 heterocycles. The molecule has 1 aliphatic heterocycles. The summed E-state index contributed by atoms with van der Waals surface area (Å²) in [7, 11) is 0. The summed E-state index contributed by atoms with van der Waals surface area (Å²) in [5.74, 6) is -0.539. The van der Waals surface area contributed by atoms with Crippen LogP contribution in [-0.4, -0.2) is 16.8 Å². The van der Waals surface area contributed by atoms with Crippen LogP contribution in [0.3, 0.4) is 0 Å². The molecule has 4 nitrogen and oxygen atoms in total. The Kier molecular flexibility index (Phi) is 3.85. The van der Waals surface area contributed by atoms with E-state index in [9.17, 15) is 14.0 Å². The molecule has 2 amide bonds. The number of carbonyl (C=O) groups excluding carboxylic acids is 2. The van der Waals surface area contributed by atoms with Gasteiger partial charge >= 0.3 is 0 Å². The number of amides is 2. The number of anilines is 1. The topological polar surface area (TPSA) is 50.3 Å². The molecule has 3 fully saturated rings. The Morgan fingerprint density at radius 2 is 1.64 bits per heavy atom. The van der Waals surface area contributed by atoms with Crippen LogP contribution in [0.15, 0.2) is 35.4 Å². The van der Waals surface area contributed by atoms with Crippen molar-refractivity contribution in [1.82, 2.24) is 4.98 Å². The number of hydrogen-bond acceptors (Lipinski definition) is 4. The Bertz CT molecular complexity index is 1000. The SMILES string of the molecule is CC(C)=C1[C@@H]2CC[C@@H]1[C@@H]1C(=O)N(c3nc(-c4ccc(F)cc4)c(C)s3)C(=O)[C@H]12. The van der Waals surface area contributed by atoms with Crippen LogP contribution in [0.1, 0.15) is 31.6 Å². The molecular weight excluding hydrogens is 375 g/mol. The van der Waals surface area contributed by atoms with E-state index >= 15 is 0 Å². The number of rotatable bonds is 2. The summed E-state index contributed by atoms with van der Waals surface area (Å²) in [6.07, 6.45) is 1.99. The third-order valence-electron chi connectivity index (χ3n) is 6.52. The van der Waals surface area contributed by atoms with Gasteiger partial charge in [-0.25, -0.2) is 14.3 Å². The minimum absolute atomic E-state index is 0.0969. The summed E-state index contributed by atoms with van der Waals surface area (Å²) in [5.41, 5.74) is 4.09. The number of fused-ring (bicyclic) bond motifs is 5. The molecule has 2 bridgehead atoms. The van der Waals surface area contributed by atoms with Crippen LogP contribution in [0.4, 0.5) is 9.52 Å². The van der Waals surface area contributed by atoms with Gasteiger partial charge < -0.3 is 0 Å². The average molecular weight is 396 g/mol. The number of thiazole rings is 1. The Morgan fingerprint density at radius 1 is 1.07 bits per heavy atom. The van der Waals surface area contributed by atoms with Crippen molar-refractivity contribution in [2.24, 2.45) is 23.7 Å². The first-order chi connectivity index (χ1) is 13.4. The summed E-state index contributed by atoms with van der Waals surface area (Å²) in [5, 5.41) is 0.444. The molecule has 1 aromatic carbocycles. The summed E-state index contributed by atoms with van der Waals surface area (Å²) >= 11 is 1.35. The van der Waals surface area contributed by atoms with E-state index in [2.05, 4.69) is 18.8 Å². The van der Waals surface area contributed by atoms with E-state index in [0.29, 0.717) is 10.8 Å². The molecule has 0 unspecified atom stereocenters. The van der Waals surface area contributed by atoms with Crippen molar-refractivity contribution in [2.45, 2.75) is 33.6 Å². The maximum Gasteiger partial charge on any atom is 0.240 e. The highest BCUT2D eigenvalue weighted by Crippen LogP contribution is 2.60. The predicted octanol–water partition coefficient (Wildman–Crippen LogP) is 4.74. The first kappa shape index (κ1) is 17.7. The number of aromatic nitrogens is 1. The van der Waals surface area contributed by atoms with Gasteiger partial charge in [0.05, 0.1) is 17.5 Å². The van der Waals surface area contributed by atoms with E-state index in [1.807, 2.05) is 6.92 Å². The molecule has 144 valence electrons. The fourth-order valence-electron chi connectivity index (χ4n) is 5.53. The summed E-state index contributed by atoms with van der Waals surface area (Å²) in [4.78, 5) is 33.4. The molecule has 2 aliphatic carbocycles. The highest BCUT2D eigenvalue weighted by molar-refractivity contribution is 7.16. The van der Waals surface area contributed by atoms with Crippen LogP contribution in [0, 0.1) is 36.4 Å². The van der Waals surface area contributed by atoms with Crippen molar-refractivity contribution in [3.8, 4) is 11.3 Å². The highest BCUT2D eigenvalue weighted by Gasteiger charge is 2.64. The summed E-state index contributed by atoms with van der Waals surface area (Å²) in [6.45, 7) is 6.10. The third-order valence-corrected chi connectivity index (χ3v) is 7.48. The lowest BCUT2D eigenvalue weighted by Gasteiger charge is -2.18. The Labute approximate surface area is 167 Å². The quantitative estimate of drug-likeness (QED) is 0.544. The maximum absolute atomic E-state index is 13.3. The number of imide groups is 1. The Hall–Kier alpha value is -2.34. The van der Waals surface area contributed by atoms with Crippen molar-refractivity contribution in [3.05, 3.63) is 46.1 Å². The molecule has 2 aromatic rings. The third kappa shape index (κ3) is 2.30. The van der Waals surface area contributed by atoms with Crippen molar-refractivity contribution < 1.29 is 14.0 Å².